The molecular formula is C24H23NO10S. The van der Waals surface area contributed by atoms with E-state index in [0.29, 0.717) is 11.3 Å². The van der Waals surface area contributed by atoms with Crippen LogP contribution in [0.2, 0.25) is 0 Å². The average molecular weight is 518 g/mol. The standard InChI is InChI=1S/C24H23NO10S/c25-3-4-36-23-19-15(29)8-12(26)9-18(19)34-21(10-1-2-13(27)14(28)5-10)22(23)35-24(33)11-6-16(30)20(32)17(31)7-11/h1-2,5-9,21-23,26-32H,3-4,25H2. The fourth-order valence-corrected chi connectivity index (χ4v) is 5.08. The molecule has 0 radical (unpaired) electrons. The lowest BCUT2D eigenvalue weighted by atomic mass is 9.93. The lowest BCUT2D eigenvalue weighted by Crippen LogP contribution is -2.37. The summed E-state index contributed by atoms with van der Waals surface area (Å²) in [5, 5.41) is 68.9. The number of thioether (sulfide) groups is 1. The second-order valence-corrected chi connectivity index (χ2v) is 9.23. The molecule has 4 rings (SSSR count). The van der Waals surface area contributed by atoms with E-state index in [1.54, 1.807) is 0 Å². The Balaban J connectivity index is 1.83. The minimum atomic E-state index is -1.17. The fraction of sp³-hybridized carbons (Fsp3) is 0.208. The maximum Gasteiger partial charge on any atom is 0.338 e. The molecule has 0 saturated heterocycles. The second kappa shape index (κ2) is 9.84. The molecule has 3 aromatic rings. The largest absolute Gasteiger partial charge is 0.508 e. The number of nitrogens with two attached hydrogens (primary N) is 1. The molecule has 190 valence electrons. The highest BCUT2D eigenvalue weighted by Crippen LogP contribution is 2.53. The number of benzene rings is 3. The van der Waals surface area contributed by atoms with E-state index in [-0.39, 0.29) is 40.7 Å². The predicted molar refractivity (Wildman–Crippen MR) is 128 cm³/mol. The van der Waals surface area contributed by atoms with E-state index in [1.165, 1.54) is 36.0 Å². The Bertz CT molecular complexity index is 1290. The van der Waals surface area contributed by atoms with Crippen LogP contribution in [0.25, 0.3) is 0 Å². The molecule has 0 fully saturated rings. The van der Waals surface area contributed by atoms with Gasteiger partial charge in [-0.05, 0) is 24.3 Å². The molecule has 0 aliphatic carbocycles. The average Bonchev–Trinajstić information content (AvgIpc) is 2.82. The van der Waals surface area contributed by atoms with Crippen molar-refractivity contribution in [2.45, 2.75) is 17.5 Å². The maximum atomic E-state index is 13.1. The summed E-state index contributed by atoms with van der Waals surface area (Å²) >= 11 is 1.25. The van der Waals surface area contributed by atoms with Crippen molar-refractivity contribution in [3.63, 3.8) is 0 Å². The maximum absolute atomic E-state index is 13.1. The smallest absolute Gasteiger partial charge is 0.338 e. The van der Waals surface area contributed by atoms with Gasteiger partial charge in [-0.2, -0.15) is 0 Å². The van der Waals surface area contributed by atoms with Gasteiger partial charge in [0.1, 0.15) is 17.2 Å². The van der Waals surface area contributed by atoms with Gasteiger partial charge in [0.25, 0.3) is 0 Å². The van der Waals surface area contributed by atoms with E-state index in [1.807, 2.05) is 0 Å². The van der Waals surface area contributed by atoms with Gasteiger partial charge in [-0.3, -0.25) is 0 Å². The molecule has 3 unspecified atom stereocenters. The van der Waals surface area contributed by atoms with Crippen LogP contribution in [0.3, 0.4) is 0 Å². The highest BCUT2D eigenvalue weighted by atomic mass is 32.2. The first-order valence-corrected chi connectivity index (χ1v) is 11.7. The van der Waals surface area contributed by atoms with Crippen LogP contribution in [-0.2, 0) is 4.74 Å². The predicted octanol–water partition coefficient (Wildman–Crippen LogP) is 2.72. The number of hydrogen-bond acceptors (Lipinski definition) is 12. The normalized spacial score (nSPS) is 18.8. The molecule has 1 aliphatic heterocycles. The van der Waals surface area contributed by atoms with Crippen LogP contribution >= 0.6 is 11.8 Å². The van der Waals surface area contributed by atoms with Crippen molar-refractivity contribution < 1.29 is 50.0 Å². The Hall–Kier alpha value is -4.16. The number of ether oxygens (including phenoxy) is 2. The lowest BCUT2D eigenvalue weighted by molar-refractivity contribution is -0.0203. The van der Waals surface area contributed by atoms with E-state index < -0.39 is 46.4 Å². The summed E-state index contributed by atoms with van der Waals surface area (Å²) in [6.45, 7) is 0.251. The lowest BCUT2D eigenvalue weighted by Gasteiger charge is -2.39. The van der Waals surface area contributed by atoms with Crippen LogP contribution in [-0.4, -0.2) is 60.1 Å². The van der Waals surface area contributed by atoms with Gasteiger partial charge < -0.3 is 51.0 Å². The first-order valence-electron chi connectivity index (χ1n) is 10.6. The van der Waals surface area contributed by atoms with Crippen LogP contribution in [0.15, 0.2) is 42.5 Å². The van der Waals surface area contributed by atoms with Crippen molar-refractivity contribution >= 4 is 17.7 Å². The Morgan fingerprint density at radius 3 is 2.22 bits per heavy atom. The summed E-state index contributed by atoms with van der Waals surface area (Å²) in [7, 11) is 0. The molecule has 3 atom stereocenters. The van der Waals surface area contributed by atoms with Crippen LogP contribution in [0.5, 0.6) is 46.0 Å². The Labute approximate surface area is 208 Å². The first kappa shape index (κ1) is 24.9. The Morgan fingerprint density at radius 2 is 1.58 bits per heavy atom. The van der Waals surface area contributed by atoms with Crippen molar-refractivity contribution in [3.8, 4) is 46.0 Å². The minimum absolute atomic E-state index is 0.104. The Morgan fingerprint density at radius 1 is 0.889 bits per heavy atom. The summed E-state index contributed by atoms with van der Waals surface area (Å²) in [5.41, 5.74) is 5.95. The van der Waals surface area contributed by atoms with Crippen LogP contribution in [0, 0.1) is 0 Å². The van der Waals surface area contributed by atoms with E-state index >= 15 is 0 Å². The van der Waals surface area contributed by atoms with Gasteiger partial charge in [0.15, 0.2) is 41.0 Å². The van der Waals surface area contributed by atoms with E-state index in [0.717, 1.165) is 18.2 Å². The highest BCUT2D eigenvalue weighted by molar-refractivity contribution is 7.99. The van der Waals surface area contributed by atoms with Gasteiger partial charge in [0.05, 0.1) is 16.4 Å². The monoisotopic (exact) mass is 517 g/mol. The molecule has 0 saturated carbocycles. The summed E-state index contributed by atoms with van der Waals surface area (Å²) in [6.07, 6.45) is -2.26. The number of carbonyl (C=O) groups excluding carboxylic acids is 1. The fourth-order valence-electron chi connectivity index (χ4n) is 3.89. The summed E-state index contributed by atoms with van der Waals surface area (Å²) in [5.74, 6) is -4.22. The van der Waals surface area contributed by atoms with Gasteiger partial charge in [0.2, 0.25) is 0 Å². The van der Waals surface area contributed by atoms with Crippen LogP contribution in [0.1, 0.15) is 32.8 Å². The molecule has 1 heterocycles. The molecular weight excluding hydrogens is 494 g/mol. The van der Waals surface area contributed by atoms with Gasteiger partial charge in [-0.15, -0.1) is 11.8 Å². The van der Waals surface area contributed by atoms with Gasteiger partial charge >= 0.3 is 5.97 Å². The zero-order chi connectivity index (χ0) is 26.1. The number of esters is 1. The number of rotatable bonds is 6. The summed E-state index contributed by atoms with van der Waals surface area (Å²) in [4.78, 5) is 13.1. The van der Waals surface area contributed by atoms with Crippen molar-refractivity contribution in [3.05, 3.63) is 59.2 Å². The summed E-state index contributed by atoms with van der Waals surface area (Å²) in [6, 6.07) is 8.10. The second-order valence-electron chi connectivity index (χ2n) is 7.98. The third-order valence-corrected chi connectivity index (χ3v) is 6.87. The Kier molecular flexibility index (Phi) is 6.82. The third-order valence-electron chi connectivity index (χ3n) is 5.53. The van der Waals surface area contributed by atoms with E-state index in [9.17, 15) is 40.5 Å². The molecule has 0 aromatic heterocycles. The zero-order valence-electron chi connectivity index (χ0n) is 18.5. The molecule has 0 bridgehead atoms. The number of hydrogen-bond donors (Lipinski definition) is 8. The SMILES string of the molecule is NCCSC1c2c(O)cc(O)cc2OC(c2ccc(O)c(O)c2)C1OC(=O)c1cc(O)c(O)c(O)c1. The molecule has 3 aromatic carbocycles. The van der Waals surface area contributed by atoms with E-state index in [2.05, 4.69) is 0 Å². The van der Waals surface area contributed by atoms with E-state index in [4.69, 9.17) is 15.2 Å². The third kappa shape index (κ3) is 4.68. The quantitative estimate of drug-likeness (QED) is 0.176. The molecule has 11 nitrogen and oxygen atoms in total. The van der Waals surface area contributed by atoms with Crippen molar-refractivity contribution in [1.82, 2.24) is 0 Å². The topological polar surface area (TPSA) is 203 Å². The molecule has 1 aliphatic rings. The van der Waals surface area contributed by atoms with Crippen LogP contribution in [0.4, 0.5) is 0 Å². The van der Waals surface area contributed by atoms with Gasteiger partial charge in [-0.1, -0.05) is 6.07 Å². The number of carbonyl (C=O) groups is 1. The molecule has 0 spiro atoms. The van der Waals surface area contributed by atoms with Gasteiger partial charge in [0, 0.05) is 30.0 Å². The number of fused-ring (bicyclic) bond motifs is 1. The zero-order valence-corrected chi connectivity index (χ0v) is 19.3. The molecule has 12 heteroatoms. The molecule has 9 N–H and O–H groups in total. The number of aromatic hydroxyl groups is 7. The van der Waals surface area contributed by atoms with Gasteiger partial charge in [-0.25, -0.2) is 4.79 Å². The first-order chi connectivity index (χ1) is 17.1. The molecule has 36 heavy (non-hydrogen) atoms. The summed E-state index contributed by atoms with van der Waals surface area (Å²) < 4.78 is 11.8. The van der Waals surface area contributed by atoms with Crippen molar-refractivity contribution in [2.24, 2.45) is 5.73 Å². The number of phenols is 7. The van der Waals surface area contributed by atoms with Crippen molar-refractivity contribution in [1.29, 1.82) is 0 Å². The van der Waals surface area contributed by atoms with Crippen molar-refractivity contribution in [2.75, 3.05) is 12.3 Å². The highest BCUT2D eigenvalue weighted by Gasteiger charge is 2.44. The van der Waals surface area contributed by atoms with Crippen LogP contribution < -0.4 is 10.5 Å². The minimum Gasteiger partial charge on any atom is -0.508 e. The molecule has 0 amide bonds. The number of phenolic OH excluding ortho intramolecular Hbond substituents is 7.